The quantitative estimate of drug-likeness (QED) is 0.465. The summed E-state index contributed by atoms with van der Waals surface area (Å²) in [6.07, 6.45) is 3.75. The first-order chi connectivity index (χ1) is 16.2. The van der Waals surface area contributed by atoms with Gasteiger partial charge in [-0.1, -0.05) is 42.0 Å². The van der Waals surface area contributed by atoms with Crippen LogP contribution < -0.4 is 5.32 Å². The zero-order valence-corrected chi connectivity index (χ0v) is 18.9. The molecule has 1 saturated heterocycles. The van der Waals surface area contributed by atoms with Crippen LogP contribution in [0.1, 0.15) is 30.3 Å². The van der Waals surface area contributed by atoms with Gasteiger partial charge in [0.1, 0.15) is 5.69 Å². The summed E-state index contributed by atoms with van der Waals surface area (Å²) >= 11 is 0. The number of nitrogens with zero attached hydrogens (tertiary/aromatic N) is 6. The first kappa shape index (κ1) is 21.2. The van der Waals surface area contributed by atoms with E-state index in [2.05, 4.69) is 52.7 Å². The smallest absolute Gasteiger partial charge is 0.224 e. The lowest BCUT2D eigenvalue weighted by Gasteiger charge is -2.13. The van der Waals surface area contributed by atoms with Crippen molar-refractivity contribution in [1.29, 1.82) is 0 Å². The van der Waals surface area contributed by atoms with Crippen LogP contribution in [0.25, 0.3) is 22.6 Å². The monoisotopic (exact) mass is 441 g/mol. The van der Waals surface area contributed by atoms with Gasteiger partial charge in [-0.25, -0.2) is 14.6 Å². The molecule has 8 heteroatoms. The van der Waals surface area contributed by atoms with Gasteiger partial charge in [0.25, 0.3) is 0 Å². The SMILES string of the molecule is CCc1cccc(Cn2cc(-c3cc(-c4cccc(C)c4)nc(N[C@@H]4CCOC4)n3)nn2)n1. The zero-order valence-electron chi connectivity index (χ0n) is 18.9. The Morgan fingerprint density at radius 3 is 2.67 bits per heavy atom. The van der Waals surface area contributed by atoms with E-state index in [0.717, 1.165) is 47.8 Å². The molecule has 168 valence electrons. The van der Waals surface area contributed by atoms with Crippen LogP contribution in [0.3, 0.4) is 0 Å². The second-order valence-electron chi connectivity index (χ2n) is 8.31. The number of hydrogen-bond donors (Lipinski definition) is 1. The molecule has 3 aromatic heterocycles. The highest BCUT2D eigenvalue weighted by Crippen LogP contribution is 2.25. The van der Waals surface area contributed by atoms with E-state index in [0.29, 0.717) is 24.8 Å². The molecule has 1 aliphatic heterocycles. The first-order valence-electron chi connectivity index (χ1n) is 11.3. The topological polar surface area (TPSA) is 90.6 Å². The largest absolute Gasteiger partial charge is 0.379 e. The van der Waals surface area contributed by atoms with Gasteiger partial charge in [0.05, 0.1) is 42.5 Å². The van der Waals surface area contributed by atoms with Gasteiger partial charge in [-0.15, -0.1) is 5.10 Å². The third-order valence-corrected chi connectivity index (χ3v) is 5.65. The van der Waals surface area contributed by atoms with E-state index in [-0.39, 0.29) is 6.04 Å². The lowest BCUT2D eigenvalue weighted by Crippen LogP contribution is -2.20. The Kier molecular flexibility index (Phi) is 6.08. The number of ether oxygens (including phenoxy) is 1. The molecular formula is C25H27N7O. The van der Waals surface area contributed by atoms with Crippen molar-refractivity contribution >= 4 is 5.95 Å². The Labute approximate surface area is 193 Å². The summed E-state index contributed by atoms with van der Waals surface area (Å²) < 4.78 is 7.30. The van der Waals surface area contributed by atoms with Crippen molar-refractivity contribution in [3.8, 4) is 22.6 Å². The van der Waals surface area contributed by atoms with E-state index >= 15 is 0 Å². The molecule has 0 bridgehead atoms. The van der Waals surface area contributed by atoms with E-state index in [1.807, 2.05) is 36.5 Å². The zero-order chi connectivity index (χ0) is 22.6. The van der Waals surface area contributed by atoms with E-state index in [1.54, 1.807) is 4.68 Å². The number of rotatable bonds is 7. The summed E-state index contributed by atoms with van der Waals surface area (Å²) in [5, 5.41) is 12.1. The Balaban J connectivity index is 1.46. The molecule has 0 unspecified atom stereocenters. The normalized spacial score (nSPS) is 15.6. The van der Waals surface area contributed by atoms with E-state index in [4.69, 9.17) is 14.7 Å². The van der Waals surface area contributed by atoms with Crippen LogP contribution >= 0.6 is 0 Å². The third kappa shape index (κ3) is 5.06. The van der Waals surface area contributed by atoms with E-state index < -0.39 is 0 Å². The number of benzene rings is 1. The molecule has 1 aliphatic rings. The van der Waals surface area contributed by atoms with Gasteiger partial charge in [0.15, 0.2) is 0 Å². The molecule has 1 atom stereocenters. The molecule has 33 heavy (non-hydrogen) atoms. The highest BCUT2D eigenvalue weighted by molar-refractivity contribution is 5.68. The van der Waals surface area contributed by atoms with Crippen LogP contribution in [-0.4, -0.2) is 49.2 Å². The van der Waals surface area contributed by atoms with Crippen molar-refractivity contribution in [2.45, 2.75) is 39.3 Å². The number of aromatic nitrogens is 6. The van der Waals surface area contributed by atoms with Crippen LogP contribution in [0.4, 0.5) is 5.95 Å². The minimum Gasteiger partial charge on any atom is -0.379 e. The Bertz CT molecular complexity index is 1250. The number of hydrogen-bond acceptors (Lipinski definition) is 7. The molecule has 0 aliphatic carbocycles. The van der Waals surface area contributed by atoms with Gasteiger partial charge in [-0.2, -0.15) is 0 Å². The summed E-state index contributed by atoms with van der Waals surface area (Å²) in [4.78, 5) is 14.2. The predicted octanol–water partition coefficient (Wildman–Crippen LogP) is 3.92. The van der Waals surface area contributed by atoms with Crippen molar-refractivity contribution in [2.75, 3.05) is 18.5 Å². The minimum absolute atomic E-state index is 0.207. The van der Waals surface area contributed by atoms with Gasteiger partial charge >= 0.3 is 0 Å². The second-order valence-corrected chi connectivity index (χ2v) is 8.31. The molecule has 1 N–H and O–H groups in total. The molecule has 0 radical (unpaired) electrons. The van der Waals surface area contributed by atoms with Gasteiger partial charge in [0, 0.05) is 17.9 Å². The van der Waals surface area contributed by atoms with Crippen molar-refractivity contribution in [3.63, 3.8) is 0 Å². The summed E-state index contributed by atoms with van der Waals surface area (Å²) in [6.45, 7) is 6.15. The average Bonchev–Trinajstić information content (AvgIpc) is 3.51. The highest BCUT2D eigenvalue weighted by atomic mass is 16.5. The minimum atomic E-state index is 0.207. The molecule has 5 rings (SSSR count). The van der Waals surface area contributed by atoms with Crippen molar-refractivity contribution in [2.24, 2.45) is 0 Å². The molecular weight excluding hydrogens is 414 g/mol. The van der Waals surface area contributed by atoms with Crippen LogP contribution in [0.2, 0.25) is 0 Å². The fourth-order valence-corrected chi connectivity index (χ4v) is 3.90. The Morgan fingerprint density at radius 2 is 1.85 bits per heavy atom. The average molecular weight is 442 g/mol. The van der Waals surface area contributed by atoms with Crippen LogP contribution in [0, 0.1) is 6.92 Å². The molecule has 1 fully saturated rings. The highest BCUT2D eigenvalue weighted by Gasteiger charge is 2.18. The lowest BCUT2D eigenvalue weighted by molar-refractivity contribution is 0.195. The molecule has 0 spiro atoms. The Hall–Kier alpha value is -3.65. The Morgan fingerprint density at radius 1 is 1.00 bits per heavy atom. The third-order valence-electron chi connectivity index (χ3n) is 5.65. The first-order valence-corrected chi connectivity index (χ1v) is 11.3. The van der Waals surface area contributed by atoms with E-state index in [1.165, 1.54) is 5.56 Å². The fourth-order valence-electron chi connectivity index (χ4n) is 3.90. The number of anilines is 1. The summed E-state index contributed by atoms with van der Waals surface area (Å²) in [5.74, 6) is 0.575. The van der Waals surface area contributed by atoms with Crippen LogP contribution in [0.15, 0.2) is 54.7 Å². The van der Waals surface area contributed by atoms with E-state index in [9.17, 15) is 0 Å². The van der Waals surface area contributed by atoms with Gasteiger partial charge in [-0.3, -0.25) is 4.98 Å². The number of aryl methyl sites for hydroxylation is 2. The maximum absolute atomic E-state index is 5.50. The van der Waals surface area contributed by atoms with Crippen molar-refractivity contribution < 1.29 is 4.74 Å². The standard InChI is InChI=1S/C25H27N7O/c1-3-19-8-5-9-20(26-19)14-32-15-24(30-31-32)23-13-22(18-7-4-6-17(2)12-18)28-25(29-23)27-21-10-11-33-16-21/h4-9,12-13,15,21H,3,10-11,14,16H2,1-2H3,(H,27,28,29)/t21-/m1/s1. The van der Waals surface area contributed by atoms with Gasteiger partial charge < -0.3 is 10.1 Å². The predicted molar refractivity (Wildman–Crippen MR) is 127 cm³/mol. The number of pyridine rings is 1. The maximum Gasteiger partial charge on any atom is 0.224 e. The molecule has 0 saturated carbocycles. The second kappa shape index (κ2) is 9.46. The summed E-state index contributed by atoms with van der Waals surface area (Å²) in [5.41, 5.74) is 6.51. The van der Waals surface area contributed by atoms with Gasteiger partial charge in [-0.05, 0) is 44.0 Å². The van der Waals surface area contributed by atoms with Crippen LogP contribution in [-0.2, 0) is 17.7 Å². The molecule has 8 nitrogen and oxygen atoms in total. The summed E-state index contributed by atoms with van der Waals surface area (Å²) in [6, 6.07) is 16.5. The van der Waals surface area contributed by atoms with Crippen molar-refractivity contribution in [1.82, 2.24) is 29.9 Å². The summed E-state index contributed by atoms with van der Waals surface area (Å²) in [7, 11) is 0. The molecule has 0 amide bonds. The van der Waals surface area contributed by atoms with Crippen LogP contribution in [0.5, 0.6) is 0 Å². The molecule has 4 heterocycles. The van der Waals surface area contributed by atoms with Gasteiger partial charge in [0.2, 0.25) is 5.95 Å². The lowest BCUT2D eigenvalue weighted by atomic mass is 10.1. The van der Waals surface area contributed by atoms with Crippen molar-refractivity contribution in [3.05, 3.63) is 71.7 Å². The molecule has 1 aromatic carbocycles. The number of nitrogens with one attached hydrogen (secondary N) is 1. The fraction of sp³-hybridized carbons (Fsp3) is 0.320. The maximum atomic E-state index is 5.50. The molecule has 4 aromatic rings.